The highest BCUT2D eigenvalue weighted by atomic mass is 16.5. The van der Waals surface area contributed by atoms with Crippen molar-refractivity contribution in [3.05, 3.63) is 48.3 Å². The standard InChI is InChI=1S/C21H24N4O3/c1-2-24-18-12-16(8-9-19(18)28-14-20(24)26)23-21(27)25-11-4-3-7-17(25)15-6-5-10-22-13-15/h5-6,8-10,12-13,17H,2-4,7,11,14H2,1H3,(H,23,27)/t17-/m1/s1. The molecule has 7 heteroatoms. The molecule has 1 aromatic carbocycles. The largest absolute Gasteiger partial charge is 0.482 e. The van der Waals surface area contributed by atoms with E-state index in [9.17, 15) is 9.59 Å². The number of rotatable bonds is 3. The van der Waals surface area contributed by atoms with Crippen LogP contribution in [0, 0.1) is 0 Å². The van der Waals surface area contributed by atoms with Crippen LogP contribution in [-0.2, 0) is 4.79 Å². The number of hydrogen-bond acceptors (Lipinski definition) is 4. The van der Waals surface area contributed by atoms with Gasteiger partial charge in [0.2, 0.25) is 0 Å². The lowest BCUT2D eigenvalue weighted by Gasteiger charge is -2.36. The maximum absolute atomic E-state index is 13.0. The Hall–Kier alpha value is -3.09. The van der Waals surface area contributed by atoms with Crippen LogP contribution >= 0.6 is 0 Å². The van der Waals surface area contributed by atoms with E-state index in [4.69, 9.17) is 4.74 Å². The number of anilines is 2. The van der Waals surface area contributed by atoms with Crippen LogP contribution < -0.4 is 15.0 Å². The van der Waals surface area contributed by atoms with Crippen molar-refractivity contribution in [2.24, 2.45) is 0 Å². The second kappa shape index (κ2) is 7.88. The zero-order valence-corrected chi connectivity index (χ0v) is 15.9. The predicted molar refractivity (Wildman–Crippen MR) is 107 cm³/mol. The molecule has 1 N–H and O–H groups in total. The number of likely N-dealkylation sites (N-methyl/N-ethyl adjacent to an activating group) is 1. The monoisotopic (exact) mass is 380 g/mol. The minimum absolute atomic E-state index is 0.0251. The van der Waals surface area contributed by atoms with Gasteiger partial charge in [0.15, 0.2) is 6.61 Å². The molecule has 1 aromatic heterocycles. The van der Waals surface area contributed by atoms with E-state index in [-0.39, 0.29) is 24.6 Å². The smallest absolute Gasteiger partial charge is 0.322 e. The third kappa shape index (κ3) is 3.52. The first kappa shape index (κ1) is 18.3. The second-order valence-corrected chi connectivity index (χ2v) is 7.03. The maximum atomic E-state index is 13.0. The van der Waals surface area contributed by atoms with Gasteiger partial charge in [0, 0.05) is 31.2 Å². The Labute approximate surface area is 164 Å². The number of aromatic nitrogens is 1. The van der Waals surface area contributed by atoms with E-state index >= 15 is 0 Å². The van der Waals surface area contributed by atoms with Crippen LogP contribution in [0.2, 0.25) is 0 Å². The highest BCUT2D eigenvalue weighted by molar-refractivity contribution is 5.99. The average molecular weight is 380 g/mol. The summed E-state index contributed by atoms with van der Waals surface area (Å²) in [7, 11) is 0. The highest BCUT2D eigenvalue weighted by Crippen LogP contribution is 2.35. The first-order valence-electron chi connectivity index (χ1n) is 9.72. The Bertz CT molecular complexity index is 871. The van der Waals surface area contributed by atoms with E-state index in [1.54, 1.807) is 23.2 Å². The number of nitrogens with one attached hydrogen (secondary N) is 1. The first-order valence-corrected chi connectivity index (χ1v) is 9.72. The molecule has 3 heterocycles. The lowest BCUT2D eigenvalue weighted by atomic mass is 9.97. The molecule has 0 bridgehead atoms. The molecule has 146 valence electrons. The Kier molecular flexibility index (Phi) is 5.14. The van der Waals surface area contributed by atoms with Crippen LogP contribution in [0.4, 0.5) is 16.2 Å². The Morgan fingerprint density at radius 2 is 2.21 bits per heavy atom. The normalized spacial score (nSPS) is 19.0. The van der Waals surface area contributed by atoms with E-state index in [2.05, 4.69) is 10.3 Å². The number of amides is 3. The minimum Gasteiger partial charge on any atom is -0.482 e. The summed E-state index contributed by atoms with van der Waals surface area (Å²) in [6.07, 6.45) is 6.58. The van der Waals surface area contributed by atoms with Crippen molar-refractivity contribution in [2.45, 2.75) is 32.2 Å². The number of pyridine rings is 1. The zero-order chi connectivity index (χ0) is 19.5. The summed E-state index contributed by atoms with van der Waals surface area (Å²) in [5, 5.41) is 2.99. The topological polar surface area (TPSA) is 74.8 Å². The van der Waals surface area contributed by atoms with Gasteiger partial charge in [0.25, 0.3) is 5.91 Å². The molecular weight excluding hydrogens is 356 g/mol. The van der Waals surface area contributed by atoms with E-state index in [1.165, 1.54) is 0 Å². The molecule has 7 nitrogen and oxygen atoms in total. The SMILES string of the molecule is CCN1C(=O)COc2ccc(NC(=O)N3CCCC[C@@H]3c3cccnc3)cc21. The Morgan fingerprint density at radius 3 is 3.00 bits per heavy atom. The minimum atomic E-state index is -0.139. The fourth-order valence-corrected chi connectivity index (χ4v) is 3.92. The number of nitrogens with zero attached hydrogens (tertiary/aromatic N) is 3. The van der Waals surface area contributed by atoms with Crippen molar-refractivity contribution in [2.75, 3.05) is 29.9 Å². The number of ether oxygens (including phenoxy) is 1. The van der Waals surface area contributed by atoms with Gasteiger partial charge in [-0.1, -0.05) is 6.07 Å². The van der Waals surface area contributed by atoms with Crippen molar-refractivity contribution >= 4 is 23.3 Å². The summed E-state index contributed by atoms with van der Waals surface area (Å²) in [4.78, 5) is 32.8. The molecule has 0 spiro atoms. The lowest BCUT2D eigenvalue weighted by molar-refractivity contribution is -0.121. The molecule has 0 unspecified atom stereocenters. The van der Waals surface area contributed by atoms with Crippen LogP contribution in [-0.4, -0.2) is 41.5 Å². The molecule has 4 rings (SSSR count). The quantitative estimate of drug-likeness (QED) is 0.883. The number of benzene rings is 1. The maximum Gasteiger partial charge on any atom is 0.322 e. The Morgan fingerprint density at radius 1 is 1.32 bits per heavy atom. The second-order valence-electron chi connectivity index (χ2n) is 7.03. The number of likely N-dealkylation sites (tertiary alicyclic amines) is 1. The number of carbonyl (C=O) groups is 2. The fraction of sp³-hybridized carbons (Fsp3) is 0.381. The molecule has 2 aliphatic rings. The molecule has 2 aliphatic heterocycles. The van der Waals surface area contributed by atoms with Gasteiger partial charge in [-0.25, -0.2) is 4.79 Å². The van der Waals surface area contributed by atoms with E-state index in [0.29, 0.717) is 30.2 Å². The number of piperidine rings is 1. The highest BCUT2D eigenvalue weighted by Gasteiger charge is 2.29. The fourth-order valence-electron chi connectivity index (χ4n) is 3.92. The Balaban J connectivity index is 1.54. The van der Waals surface area contributed by atoms with Gasteiger partial charge in [-0.15, -0.1) is 0 Å². The number of hydrogen-bond donors (Lipinski definition) is 1. The van der Waals surface area contributed by atoms with Crippen molar-refractivity contribution < 1.29 is 14.3 Å². The average Bonchev–Trinajstić information content (AvgIpc) is 2.74. The zero-order valence-electron chi connectivity index (χ0n) is 15.9. The summed E-state index contributed by atoms with van der Waals surface area (Å²) in [5.74, 6) is 0.580. The molecule has 1 saturated heterocycles. The van der Waals surface area contributed by atoms with Gasteiger partial charge in [0.05, 0.1) is 11.7 Å². The van der Waals surface area contributed by atoms with E-state index in [1.807, 2.05) is 36.2 Å². The molecule has 1 atom stereocenters. The van der Waals surface area contributed by atoms with E-state index < -0.39 is 0 Å². The molecule has 3 amide bonds. The van der Waals surface area contributed by atoms with Crippen LogP contribution in [0.5, 0.6) is 5.75 Å². The van der Waals surface area contributed by atoms with Crippen molar-refractivity contribution in [1.82, 2.24) is 9.88 Å². The third-order valence-electron chi connectivity index (χ3n) is 5.30. The van der Waals surface area contributed by atoms with Gasteiger partial charge < -0.3 is 19.9 Å². The molecular formula is C21H24N4O3. The molecule has 0 radical (unpaired) electrons. The van der Waals surface area contributed by atoms with Gasteiger partial charge >= 0.3 is 6.03 Å². The third-order valence-corrected chi connectivity index (χ3v) is 5.30. The summed E-state index contributed by atoms with van der Waals surface area (Å²) >= 11 is 0. The van der Waals surface area contributed by atoms with Gasteiger partial charge in [0.1, 0.15) is 5.75 Å². The van der Waals surface area contributed by atoms with Crippen LogP contribution in [0.25, 0.3) is 0 Å². The van der Waals surface area contributed by atoms with E-state index in [0.717, 1.165) is 24.8 Å². The number of urea groups is 1. The molecule has 1 fully saturated rings. The molecule has 0 saturated carbocycles. The first-order chi connectivity index (χ1) is 13.7. The molecule has 0 aliphatic carbocycles. The predicted octanol–water partition coefficient (Wildman–Crippen LogP) is 3.59. The van der Waals surface area contributed by atoms with Crippen molar-refractivity contribution in [3.8, 4) is 5.75 Å². The summed E-state index contributed by atoms with van der Waals surface area (Å²) in [6, 6.07) is 9.22. The van der Waals surface area contributed by atoms with Crippen molar-refractivity contribution in [3.63, 3.8) is 0 Å². The van der Waals surface area contributed by atoms with Crippen LogP contribution in [0.3, 0.4) is 0 Å². The number of fused-ring (bicyclic) bond motifs is 1. The summed E-state index contributed by atoms with van der Waals surface area (Å²) in [6.45, 7) is 3.23. The summed E-state index contributed by atoms with van der Waals surface area (Å²) in [5.41, 5.74) is 2.40. The summed E-state index contributed by atoms with van der Waals surface area (Å²) < 4.78 is 5.50. The lowest BCUT2D eigenvalue weighted by Crippen LogP contribution is -2.41. The molecule has 28 heavy (non-hydrogen) atoms. The van der Waals surface area contributed by atoms with Crippen LogP contribution in [0.1, 0.15) is 37.8 Å². The molecule has 2 aromatic rings. The van der Waals surface area contributed by atoms with Crippen LogP contribution in [0.15, 0.2) is 42.7 Å². The van der Waals surface area contributed by atoms with Crippen molar-refractivity contribution in [1.29, 1.82) is 0 Å². The van der Waals surface area contributed by atoms with Gasteiger partial charge in [-0.05, 0) is 56.0 Å². The van der Waals surface area contributed by atoms with Gasteiger partial charge in [-0.2, -0.15) is 0 Å². The number of carbonyl (C=O) groups excluding carboxylic acids is 2. The van der Waals surface area contributed by atoms with Gasteiger partial charge in [-0.3, -0.25) is 9.78 Å².